The molecule has 1 aliphatic rings. The largest absolute Gasteiger partial charge is 0.497 e. The van der Waals surface area contributed by atoms with Gasteiger partial charge in [-0.2, -0.15) is 0 Å². The first-order valence-corrected chi connectivity index (χ1v) is 13.3. The van der Waals surface area contributed by atoms with Crippen molar-refractivity contribution in [2.45, 2.75) is 39.2 Å². The fourth-order valence-corrected chi connectivity index (χ4v) is 4.49. The Hall–Kier alpha value is -3.23. The topological polar surface area (TPSA) is 79.8 Å². The molecule has 2 heterocycles. The number of methoxy groups -OCH3 is 1. The summed E-state index contributed by atoms with van der Waals surface area (Å²) in [4.78, 5) is 27.3. The Bertz CT molecular complexity index is 1150. The molecular formula is C29H39N5O3. The van der Waals surface area contributed by atoms with E-state index in [2.05, 4.69) is 28.1 Å². The molecule has 37 heavy (non-hydrogen) atoms. The first-order chi connectivity index (χ1) is 18.1. The molecule has 198 valence electrons. The summed E-state index contributed by atoms with van der Waals surface area (Å²) in [6, 6.07) is 16.1. The van der Waals surface area contributed by atoms with Gasteiger partial charge in [-0.15, -0.1) is 0 Å². The number of anilines is 1. The van der Waals surface area contributed by atoms with Crippen molar-refractivity contribution in [3.8, 4) is 17.1 Å². The number of ether oxygens (including phenoxy) is 2. The number of morpholine rings is 1. The highest BCUT2D eigenvalue weighted by Crippen LogP contribution is 2.29. The van der Waals surface area contributed by atoms with Crippen molar-refractivity contribution < 1.29 is 14.3 Å². The third-order valence-corrected chi connectivity index (χ3v) is 6.87. The van der Waals surface area contributed by atoms with Crippen molar-refractivity contribution in [1.29, 1.82) is 0 Å². The molecular weight excluding hydrogens is 466 g/mol. The molecule has 2 aromatic carbocycles. The van der Waals surface area contributed by atoms with Crippen molar-refractivity contribution in [1.82, 2.24) is 20.2 Å². The number of benzene rings is 2. The molecule has 8 nitrogen and oxygen atoms in total. The number of hydrogen-bond acceptors (Lipinski definition) is 7. The number of aromatic nitrogens is 2. The van der Waals surface area contributed by atoms with Crippen LogP contribution in [-0.2, 0) is 9.53 Å². The Morgan fingerprint density at radius 3 is 2.59 bits per heavy atom. The highest BCUT2D eigenvalue weighted by atomic mass is 16.5. The number of hydrogen-bond donors (Lipinski definition) is 1. The second-order valence-electron chi connectivity index (χ2n) is 9.54. The SMILES string of the molecule is CC[C@H](C)NC(=O)CCN(CCCN1CCOCC1)c1nc(-c2ccc(OC)cc2)nc2ccccc12. The van der Waals surface area contributed by atoms with Crippen LogP contribution >= 0.6 is 0 Å². The van der Waals surface area contributed by atoms with Crippen LogP contribution in [0.25, 0.3) is 22.3 Å². The fraction of sp³-hybridized carbons (Fsp3) is 0.483. The third kappa shape index (κ3) is 7.40. The predicted octanol–water partition coefficient (Wildman–Crippen LogP) is 4.14. The van der Waals surface area contributed by atoms with Gasteiger partial charge >= 0.3 is 0 Å². The lowest BCUT2D eigenvalue weighted by molar-refractivity contribution is -0.121. The summed E-state index contributed by atoms with van der Waals surface area (Å²) in [5.41, 5.74) is 1.82. The van der Waals surface area contributed by atoms with Crippen LogP contribution in [0.2, 0.25) is 0 Å². The van der Waals surface area contributed by atoms with Gasteiger partial charge in [-0.1, -0.05) is 19.1 Å². The summed E-state index contributed by atoms with van der Waals surface area (Å²) >= 11 is 0. The Morgan fingerprint density at radius 1 is 1.11 bits per heavy atom. The molecule has 0 spiro atoms. The van der Waals surface area contributed by atoms with Gasteiger partial charge in [0.05, 0.1) is 25.8 Å². The van der Waals surface area contributed by atoms with Gasteiger partial charge < -0.3 is 19.7 Å². The van der Waals surface area contributed by atoms with Crippen LogP contribution in [-0.4, -0.2) is 79.9 Å². The van der Waals surface area contributed by atoms with Gasteiger partial charge in [0.25, 0.3) is 0 Å². The van der Waals surface area contributed by atoms with Crippen LogP contribution in [0.1, 0.15) is 33.1 Å². The average Bonchev–Trinajstić information content (AvgIpc) is 2.94. The zero-order valence-electron chi connectivity index (χ0n) is 22.3. The number of amides is 1. The van der Waals surface area contributed by atoms with E-state index in [0.717, 1.165) is 80.3 Å². The Kier molecular flexibility index (Phi) is 9.68. The standard InChI is InChI=1S/C29H39N5O3/c1-4-22(2)30-27(35)14-17-34(16-7-15-33-18-20-37-21-19-33)29-25-8-5-6-9-26(25)31-28(32-29)23-10-12-24(36-3)13-11-23/h5-6,8-13,22H,4,7,14-21H2,1-3H3,(H,30,35)/t22-/m0/s1. The maximum absolute atomic E-state index is 12.7. The van der Waals surface area contributed by atoms with E-state index in [1.54, 1.807) is 7.11 Å². The van der Waals surface area contributed by atoms with E-state index in [-0.39, 0.29) is 11.9 Å². The lowest BCUT2D eigenvalue weighted by atomic mass is 10.1. The summed E-state index contributed by atoms with van der Waals surface area (Å²) in [5, 5.41) is 4.09. The average molecular weight is 506 g/mol. The maximum Gasteiger partial charge on any atom is 0.221 e. The van der Waals surface area contributed by atoms with E-state index in [4.69, 9.17) is 19.4 Å². The third-order valence-electron chi connectivity index (χ3n) is 6.87. The Labute approximate surface area is 220 Å². The number of fused-ring (bicyclic) bond motifs is 1. The van der Waals surface area contributed by atoms with E-state index in [1.165, 1.54) is 0 Å². The van der Waals surface area contributed by atoms with Crippen molar-refractivity contribution >= 4 is 22.6 Å². The molecule has 0 bridgehead atoms. The van der Waals surface area contributed by atoms with E-state index in [0.29, 0.717) is 18.8 Å². The molecule has 0 aliphatic carbocycles. The highest BCUT2D eigenvalue weighted by Gasteiger charge is 2.18. The summed E-state index contributed by atoms with van der Waals surface area (Å²) in [5.74, 6) is 2.40. The first kappa shape index (κ1) is 26.8. The number of carbonyl (C=O) groups excluding carboxylic acids is 1. The predicted molar refractivity (Wildman–Crippen MR) is 148 cm³/mol. The Morgan fingerprint density at radius 2 is 1.86 bits per heavy atom. The van der Waals surface area contributed by atoms with Gasteiger partial charge in [0.1, 0.15) is 11.6 Å². The molecule has 0 radical (unpaired) electrons. The van der Waals surface area contributed by atoms with Gasteiger partial charge in [-0.3, -0.25) is 9.69 Å². The molecule has 1 saturated heterocycles. The molecule has 0 saturated carbocycles. The molecule has 0 unspecified atom stereocenters. The van der Waals surface area contributed by atoms with Crippen molar-refractivity contribution in [3.63, 3.8) is 0 Å². The number of rotatable bonds is 12. The molecule has 1 atom stereocenters. The molecule has 1 aliphatic heterocycles. The maximum atomic E-state index is 12.7. The summed E-state index contributed by atoms with van der Waals surface area (Å²) < 4.78 is 10.8. The molecule has 1 N–H and O–H groups in total. The van der Waals surface area contributed by atoms with Crippen LogP contribution < -0.4 is 15.0 Å². The molecule has 8 heteroatoms. The van der Waals surface area contributed by atoms with Crippen molar-refractivity contribution in [3.05, 3.63) is 48.5 Å². The molecule has 3 aromatic rings. The van der Waals surface area contributed by atoms with E-state index in [1.807, 2.05) is 49.4 Å². The van der Waals surface area contributed by atoms with Gasteiger partial charge in [-0.25, -0.2) is 9.97 Å². The van der Waals surface area contributed by atoms with Gasteiger partial charge in [0.15, 0.2) is 5.82 Å². The fourth-order valence-electron chi connectivity index (χ4n) is 4.49. The van der Waals surface area contributed by atoms with Gasteiger partial charge in [-0.05, 0) is 56.2 Å². The zero-order valence-corrected chi connectivity index (χ0v) is 22.3. The minimum Gasteiger partial charge on any atom is -0.497 e. The molecule has 1 aromatic heterocycles. The van der Waals surface area contributed by atoms with Crippen LogP contribution in [0.4, 0.5) is 5.82 Å². The second-order valence-corrected chi connectivity index (χ2v) is 9.54. The molecule has 1 fully saturated rings. The minimum atomic E-state index is 0.0706. The van der Waals surface area contributed by atoms with Crippen molar-refractivity contribution in [2.24, 2.45) is 0 Å². The minimum absolute atomic E-state index is 0.0706. The lowest BCUT2D eigenvalue weighted by Crippen LogP contribution is -2.39. The number of carbonyl (C=O) groups is 1. The zero-order chi connectivity index (χ0) is 26.0. The number of nitrogens with zero attached hydrogens (tertiary/aromatic N) is 4. The van der Waals surface area contributed by atoms with Crippen LogP contribution in [0.3, 0.4) is 0 Å². The normalized spacial score (nSPS) is 14.9. The summed E-state index contributed by atoms with van der Waals surface area (Å²) in [7, 11) is 1.66. The lowest BCUT2D eigenvalue weighted by Gasteiger charge is -2.29. The van der Waals surface area contributed by atoms with E-state index >= 15 is 0 Å². The van der Waals surface area contributed by atoms with Gasteiger partial charge in [0, 0.05) is 56.1 Å². The number of nitrogens with one attached hydrogen (secondary N) is 1. The van der Waals surface area contributed by atoms with Crippen LogP contribution in [0.5, 0.6) is 5.75 Å². The quantitative estimate of drug-likeness (QED) is 0.396. The Balaban J connectivity index is 1.61. The van der Waals surface area contributed by atoms with Crippen LogP contribution in [0.15, 0.2) is 48.5 Å². The van der Waals surface area contributed by atoms with Crippen molar-refractivity contribution in [2.75, 3.05) is 57.9 Å². The van der Waals surface area contributed by atoms with Gasteiger partial charge in [0.2, 0.25) is 5.91 Å². The summed E-state index contributed by atoms with van der Waals surface area (Å²) in [6.07, 6.45) is 2.30. The smallest absolute Gasteiger partial charge is 0.221 e. The van der Waals surface area contributed by atoms with E-state index < -0.39 is 0 Å². The molecule has 1 amide bonds. The summed E-state index contributed by atoms with van der Waals surface area (Å²) in [6.45, 7) is 10.0. The molecule has 4 rings (SSSR count). The van der Waals surface area contributed by atoms with Crippen LogP contribution in [0, 0.1) is 0 Å². The second kappa shape index (κ2) is 13.4. The highest BCUT2D eigenvalue weighted by molar-refractivity contribution is 5.91. The van der Waals surface area contributed by atoms with E-state index in [9.17, 15) is 4.79 Å². The number of para-hydroxylation sites is 1. The first-order valence-electron chi connectivity index (χ1n) is 13.3. The monoisotopic (exact) mass is 505 g/mol.